The Morgan fingerprint density at radius 2 is 1.70 bits per heavy atom. The Labute approximate surface area is 119 Å². The Morgan fingerprint density at radius 1 is 1.15 bits per heavy atom. The van der Waals surface area contributed by atoms with Crippen LogP contribution in [0.3, 0.4) is 0 Å². The molecule has 1 amide bonds. The van der Waals surface area contributed by atoms with Crippen LogP contribution in [0, 0.1) is 5.92 Å². The van der Waals surface area contributed by atoms with Gasteiger partial charge in [0.1, 0.15) is 5.60 Å². The zero-order chi connectivity index (χ0) is 14.9. The lowest BCUT2D eigenvalue weighted by atomic mass is 10.1. The smallest absolute Gasteiger partial charge is 0.410 e. The van der Waals surface area contributed by atoms with Crippen LogP contribution in [-0.2, 0) is 9.53 Å². The van der Waals surface area contributed by atoms with E-state index in [4.69, 9.17) is 4.74 Å². The summed E-state index contributed by atoms with van der Waals surface area (Å²) in [4.78, 5) is 26.7. The van der Waals surface area contributed by atoms with Gasteiger partial charge < -0.3 is 19.5 Å². The van der Waals surface area contributed by atoms with Gasteiger partial charge in [-0.15, -0.1) is 0 Å². The Morgan fingerprint density at radius 3 is 2.10 bits per heavy atom. The van der Waals surface area contributed by atoms with Crippen molar-refractivity contribution in [1.82, 2.24) is 9.80 Å². The van der Waals surface area contributed by atoms with Crippen LogP contribution in [0.25, 0.3) is 0 Å². The van der Waals surface area contributed by atoms with Crippen LogP contribution in [-0.4, -0.2) is 59.7 Å². The molecule has 1 heterocycles. The monoisotopic (exact) mass is 283 g/mol. The van der Waals surface area contributed by atoms with Crippen LogP contribution in [0.4, 0.5) is 4.79 Å². The lowest BCUT2D eigenvalue weighted by Gasteiger charge is -2.40. The third-order valence-electron chi connectivity index (χ3n) is 3.67. The minimum Gasteiger partial charge on any atom is -0.548 e. The molecule has 2 fully saturated rings. The van der Waals surface area contributed by atoms with E-state index in [1.54, 1.807) is 4.90 Å². The van der Waals surface area contributed by atoms with Crippen molar-refractivity contribution in [1.29, 1.82) is 0 Å². The van der Waals surface area contributed by atoms with Crippen LogP contribution in [0.15, 0.2) is 0 Å². The first kappa shape index (κ1) is 15.1. The molecule has 6 heteroatoms. The number of carbonyl (C=O) groups is 2. The first-order valence-corrected chi connectivity index (χ1v) is 7.21. The van der Waals surface area contributed by atoms with Gasteiger partial charge in [-0.1, -0.05) is 0 Å². The highest BCUT2D eigenvalue weighted by Crippen LogP contribution is 2.35. The normalized spacial score (nSPS) is 22.4. The second-order valence-electron chi connectivity index (χ2n) is 6.60. The Bertz CT molecular complexity index is 379. The number of nitrogens with zero attached hydrogens (tertiary/aromatic N) is 2. The van der Waals surface area contributed by atoms with Crippen LogP contribution in [0.5, 0.6) is 0 Å². The van der Waals surface area contributed by atoms with Gasteiger partial charge >= 0.3 is 6.09 Å². The van der Waals surface area contributed by atoms with E-state index in [2.05, 4.69) is 0 Å². The maximum absolute atomic E-state index is 11.9. The molecule has 0 bridgehead atoms. The molecular formula is C14H23N2O4-. The summed E-state index contributed by atoms with van der Waals surface area (Å²) >= 11 is 0. The predicted molar refractivity (Wildman–Crippen MR) is 70.9 cm³/mol. The van der Waals surface area contributed by atoms with Crippen molar-refractivity contribution >= 4 is 12.1 Å². The zero-order valence-corrected chi connectivity index (χ0v) is 12.4. The van der Waals surface area contributed by atoms with Crippen LogP contribution in [0.1, 0.15) is 33.6 Å². The average Bonchev–Trinajstić information content (AvgIpc) is 3.12. The van der Waals surface area contributed by atoms with E-state index in [9.17, 15) is 14.7 Å². The van der Waals surface area contributed by atoms with Crippen molar-refractivity contribution in [2.24, 2.45) is 5.92 Å². The molecule has 1 aliphatic carbocycles. The van der Waals surface area contributed by atoms with Crippen molar-refractivity contribution in [3.63, 3.8) is 0 Å². The maximum Gasteiger partial charge on any atom is 0.410 e. The molecular weight excluding hydrogens is 260 g/mol. The lowest BCUT2D eigenvalue weighted by Crippen LogP contribution is -2.57. The number of hydrogen-bond donors (Lipinski definition) is 0. The molecule has 1 saturated carbocycles. The Balaban J connectivity index is 1.85. The number of carboxylic acids is 1. The van der Waals surface area contributed by atoms with E-state index in [-0.39, 0.29) is 12.0 Å². The second-order valence-corrected chi connectivity index (χ2v) is 6.60. The topological polar surface area (TPSA) is 72.9 Å². The third kappa shape index (κ3) is 3.85. The molecule has 1 aliphatic heterocycles. The van der Waals surface area contributed by atoms with Gasteiger partial charge in [0.05, 0.1) is 12.0 Å². The van der Waals surface area contributed by atoms with Gasteiger partial charge in [0, 0.05) is 26.2 Å². The van der Waals surface area contributed by atoms with Crippen LogP contribution < -0.4 is 5.11 Å². The standard InChI is InChI=1S/C14H24N2O4/c1-14(2,3)20-13(19)16-8-6-15(7-9-16)11(12(17)18)10-4-5-10/h10-11H,4-9H2,1-3H3,(H,17,18)/p-1. The predicted octanol–water partition coefficient (Wildman–Crippen LogP) is 0.0676. The van der Waals surface area contributed by atoms with Crippen LogP contribution in [0.2, 0.25) is 0 Å². The highest BCUT2D eigenvalue weighted by atomic mass is 16.6. The molecule has 2 rings (SSSR count). The van der Waals surface area contributed by atoms with Crippen molar-refractivity contribution in [3.8, 4) is 0 Å². The number of amides is 1. The number of rotatable bonds is 3. The summed E-state index contributed by atoms with van der Waals surface area (Å²) in [6.07, 6.45) is 1.60. The van der Waals surface area contributed by atoms with Crippen molar-refractivity contribution in [3.05, 3.63) is 0 Å². The van der Waals surface area contributed by atoms with E-state index < -0.39 is 17.6 Å². The summed E-state index contributed by atoms with van der Waals surface area (Å²) in [6.45, 7) is 7.64. The number of aliphatic carboxylic acids is 1. The molecule has 0 aromatic rings. The lowest BCUT2D eigenvalue weighted by molar-refractivity contribution is -0.312. The molecule has 1 unspecified atom stereocenters. The van der Waals surface area contributed by atoms with Gasteiger partial charge in [0.15, 0.2) is 0 Å². The maximum atomic E-state index is 11.9. The second kappa shape index (κ2) is 5.60. The largest absolute Gasteiger partial charge is 0.548 e. The highest BCUT2D eigenvalue weighted by molar-refractivity contribution is 5.72. The third-order valence-corrected chi connectivity index (χ3v) is 3.67. The summed E-state index contributed by atoms with van der Waals surface area (Å²) in [6, 6.07) is -0.490. The summed E-state index contributed by atoms with van der Waals surface area (Å²) in [5.74, 6) is -0.758. The van der Waals surface area contributed by atoms with Crippen molar-refractivity contribution in [2.75, 3.05) is 26.2 Å². The van der Waals surface area contributed by atoms with Crippen molar-refractivity contribution < 1.29 is 19.4 Å². The number of hydrogen-bond acceptors (Lipinski definition) is 5. The van der Waals surface area contributed by atoms with E-state index in [0.717, 1.165) is 12.8 Å². The molecule has 0 aromatic heterocycles. The fourth-order valence-corrected chi connectivity index (χ4v) is 2.56. The zero-order valence-electron chi connectivity index (χ0n) is 12.4. The molecule has 1 saturated heterocycles. The Kier molecular flexibility index (Phi) is 4.22. The number of carbonyl (C=O) groups excluding carboxylic acids is 2. The molecule has 0 N–H and O–H groups in total. The minimum absolute atomic E-state index is 0.230. The van der Waals surface area contributed by atoms with E-state index in [1.807, 2.05) is 25.7 Å². The number of carboxylic acid groups (broad SMARTS) is 1. The van der Waals surface area contributed by atoms with Gasteiger partial charge in [-0.05, 0) is 39.5 Å². The fraction of sp³-hybridized carbons (Fsp3) is 0.857. The van der Waals surface area contributed by atoms with Gasteiger partial charge in [-0.25, -0.2) is 4.79 Å². The number of ether oxygens (including phenoxy) is 1. The van der Waals surface area contributed by atoms with E-state index in [0.29, 0.717) is 26.2 Å². The summed E-state index contributed by atoms with van der Waals surface area (Å²) in [5.41, 5.74) is -0.504. The van der Waals surface area contributed by atoms with Crippen molar-refractivity contribution in [2.45, 2.75) is 45.3 Å². The van der Waals surface area contributed by atoms with Crippen LogP contribution >= 0.6 is 0 Å². The van der Waals surface area contributed by atoms with Gasteiger partial charge in [0.25, 0.3) is 0 Å². The first-order valence-electron chi connectivity index (χ1n) is 7.21. The average molecular weight is 283 g/mol. The fourth-order valence-electron chi connectivity index (χ4n) is 2.56. The summed E-state index contributed by atoms with van der Waals surface area (Å²) < 4.78 is 5.32. The van der Waals surface area contributed by atoms with Gasteiger partial charge in [-0.3, -0.25) is 4.90 Å². The number of piperazine rings is 1. The van der Waals surface area contributed by atoms with Gasteiger partial charge in [-0.2, -0.15) is 0 Å². The van der Waals surface area contributed by atoms with Gasteiger partial charge in [0.2, 0.25) is 0 Å². The minimum atomic E-state index is -0.988. The molecule has 6 nitrogen and oxygen atoms in total. The summed E-state index contributed by atoms with van der Waals surface area (Å²) in [5, 5.41) is 11.2. The molecule has 2 aliphatic rings. The molecule has 0 aromatic carbocycles. The molecule has 114 valence electrons. The summed E-state index contributed by atoms with van der Waals surface area (Å²) in [7, 11) is 0. The van der Waals surface area contributed by atoms with E-state index in [1.165, 1.54) is 0 Å². The van der Waals surface area contributed by atoms with E-state index >= 15 is 0 Å². The Hall–Kier alpha value is -1.30. The molecule has 1 atom stereocenters. The molecule has 20 heavy (non-hydrogen) atoms. The highest BCUT2D eigenvalue weighted by Gasteiger charge is 2.38. The quantitative estimate of drug-likeness (QED) is 0.733. The first-order chi connectivity index (χ1) is 9.28. The SMILES string of the molecule is CC(C)(C)OC(=O)N1CCN(C(C(=O)[O-])C2CC2)CC1. The molecule has 0 spiro atoms. The molecule has 0 radical (unpaired) electrons.